The maximum atomic E-state index is 10.7. The normalized spacial score (nSPS) is 10.3. The number of para-hydroxylation sites is 2. The van der Waals surface area contributed by atoms with E-state index in [1.807, 2.05) is 31.2 Å². The molecule has 146 valence electrons. The molecule has 0 bridgehead atoms. The molecule has 2 rings (SSSR count). The second kappa shape index (κ2) is 10.5. The highest BCUT2D eigenvalue weighted by molar-refractivity contribution is 6.32. The Morgan fingerprint density at radius 1 is 1.04 bits per heavy atom. The lowest BCUT2D eigenvalue weighted by molar-refractivity contribution is -0.136. The second-order valence-electron chi connectivity index (χ2n) is 5.58. The molecular weight excluding hydrogens is 372 g/mol. The number of hydrogen-bond donors (Lipinski definition) is 1. The van der Waals surface area contributed by atoms with Gasteiger partial charge in [-0.15, -0.1) is 0 Å². The van der Waals surface area contributed by atoms with E-state index in [0.29, 0.717) is 47.7 Å². The number of carbonyl (C=O) groups is 1. The van der Waals surface area contributed by atoms with E-state index in [4.69, 9.17) is 35.7 Å². The van der Waals surface area contributed by atoms with Gasteiger partial charge in [0.05, 0.1) is 18.7 Å². The SMILES string of the molecule is CCOc1ccccc1OCCOc1c(Cl)cc(CCC(=O)O)cc1OC. The van der Waals surface area contributed by atoms with Crippen LogP contribution < -0.4 is 18.9 Å². The van der Waals surface area contributed by atoms with Crippen LogP contribution in [0.3, 0.4) is 0 Å². The van der Waals surface area contributed by atoms with Crippen molar-refractivity contribution in [3.05, 3.63) is 47.0 Å². The lowest BCUT2D eigenvalue weighted by atomic mass is 10.1. The fourth-order valence-electron chi connectivity index (χ4n) is 2.45. The largest absolute Gasteiger partial charge is 0.493 e. The molecule has 6 nitrogen and oxygen atoms in total. The molecule has 0 atom stereocenters. The first-order chi connectivity index (χ1) is 13.0. The maximum Gasteiger partial charge on any atom is 0.303 e. The molecule has 0 aliphatic rings. The van der Waals surface area contributed by atoms with Gasteiger partial charge in [-0.3, -0.25) is 4.79 Å². The topological polar surface area (TPSA) is 74.2 Å². The zero-order valence-electron chi connectivity index (χ0n) is 15.4. The van der Waals surface area contributed by atoms with Crippen molar-refractivity contribution in [2.45, 2.75) is 19.8 Å². The summed E-state index contributed by atoms with van der Waals surface area (Å²) >= 11 is 6.28. The number of halogens is 1. The lowest BCUT2D eigenvalue weighted by Crippen LogP contribution is -2.11. The standard InChI is InChI=1S/C20H23ClO6/c1-3-25-16-6-4-5-7-17(16)26-10-11-27-20-15(21)12-14(8-9-19(22)23)13-18(20)24-2/h4-7,12-13H,3,8-11H2,1-2H3,(H,22,23). The molecule has 0 aromatic heterocycles. The summed E-state index contributed by atoms with van der Waals surface area (Å²) in [6.45, 7) is 3.02. The van der Waals surface area contributed by atoms with Gasteiger partial charge < -0.3 is 24.1 Å². The average Bonchev–Trinajstić information content (AvgIpc) is 2.65. The molecule has 27 heavy (non-hydrogen) atoms. The van der Waals surface area contributed by atoms with E-state index < -0.39 is 5.97 Å². The Morgan fingerprint density at radius 2 is 1.70 bits per heavy atom. The quantitative estimate of drug-likeness (QED) is 0.575. The van der Waals surface area contributed by atoms with Gasteiger partial charge in [0, 0.05) is 6.42 Å². The van der Waals surface area contributed by atoms with E-state index in [-0.39, 0.29) is 13.0 Å². The number of aryl methyl sites for hydroxylation is 1. The van der Waals surface area contributed by atoms with Crippen molar-refractivity contribution in [2.75, 3.05) is 26.9 Å². The predicted molar refractivity (Wildman–Crippen MR) is 103 cm³/mol. The molecule has 0 radical (unpaired) electrons. The van der Waals surface area contributed by atoms with Gasteiger partial charge in [0.1, 0.15) is 13.2 Å². The molecule has 0 spiro atoms. The summed E-state index contributed by atoms with van der Waals surface area (Å²) in [6.07, 6.45) is 0.385. The van der Waals surface area contributed by atoms with Gasteiger partial charge in [0.15, 0.2) is 23.0 Å². The van der Waals surface area contributed by atoms with Crippen LogP contribution in [0.2, 0.25) is 5.02 Å². The molecular formula is C20H23ClO6. The Bertz CT molecular complexity index is 762. The number of rotatable bonds is 11. The van der Waals surface area contributed by atoms with Gasteiger partial charge in [-0.1, -0.05) is 23.7 Å². The Labute approximate surface area is 163 Å². The molecule has 0 saturated heterocycles. The van der Waals surface area contributed by atoms with E-state index in [1.165, 1.54) is 7.11 Å². The van der Waals surface area contributed by atoms with Crippen molar-refractivity contribution >= 4 is 17.6 Å². The third-order valence-corrected chi connectivity index (χ3v) is 3.93. The van der Waals surface area contributed by atoms with E-state index >= 15 is 0 Å². The summed E-state index contributed by atoms with van der Waals surface area (Å²) in [6, 6.07) is 10.8. The van der Waals surface area contributed by atoms with Crippen LogP contribution in [-0.4, -0.2) is 38.0 Å². The van der Waals surface area contributed by atoms with Gasteiger partial charge in [-0.2, -0.15) is 0 Å². The Balaban J connectivity index is 1.96. The highest BCUT2D eigenvalue weighted by Crippen LogP contribution is 2.36. The van der Waals surface area contributed by atoms with Gasteiger partial charge in [-0.05, 0) is 43.2 Å². The second-order valence-corrected chi connectivity index (χ2v) is 5.99. The Kier molecular flexibility index (Phi) is 8.07. The van der Waals surface area contributed by atoms with E-state index in [2.05, 4.69) is 0 Å². The van der Waals surface area contributed by atoms with Crippen molar-refractivity contribution in [1.82, 2.24) is 0 Å². The molecule has 0 aliphatic carbocycles. The summed E-state index contributed by atoms with van der Waals surface area (Å²) in [5.74, 6) is 1.32. The molecule has 1 N–H and O–H groups in total. The zero-order valence-corrected chi connectivity index (χ0v) is 16.1. The molecule has 2 aromatic carbocycles. The summed E-state index contributed by atoms with van der Waals surface area (Å²) < 4.78 is 22.3. The van der Waals surface area contributed by atoms with E-state index in [1.54, 1.807) is 12.1 Å². The van der Waals surface area contributed by atoms with Crippen molar-refractivity contribution in [2.24, 2.45) is 0 Å². The fourth-order valence-corrected chi connectivity index (χ4v) is 2.74. The highest BCUT2D eigenvalue weighted by Gasteiger charge is 2.13. The number of ether oxygens (including phenoxy) is 4. The van der Waals surface area contributed by atoms with Gasteiger partial charge in [0.25, 0.3) is 0 Å². The Hall–Kier alpha value is -2.60. The smallest absolute Gasteiger partial charge is 0.303 e. The zero-order chi connectivity index (χ0) is 19.6. The van der Waals surface area contributed by atoms with E-state index in [0.717, 1.165) is 5.56 Å². The number of carboxylic acids is 1. The maximum absolute atomic E-state index is 10.7. The van der Waals surface area contributed by atoms with Crippen LogP contribution in [0, 0.1) is 0 Å². The lowest BCUT2D eigenvalue weighted by Gasteiger charge is -2.15. The van der Waals surface area contributed by atoms with Crippen LogP contribution in [0.4, 0.5) is 0 Å². The van der Waals surface area contributed by atoms with Crippen molar-refractivity contribution in [1.29, 1.82) is 0 Å². The fraction of sp³-hybridized carbons (Fsp3) is 0.350. The summed E-state index contributed by atoms with van der Waals surface area (Å²) in [5, 5.41) is 9.17. The van der Waals surface area contributed by atoms with Crippen molar-refractivity contribution < 1.29 is 28.8 Å². The van der Waals surface area contributed by atoms with Crippen LogP contribution >= 0.6 is 11.6 Å². The number of aliphatic carboxylic acids is 1. The van der Waals surface area contributed by atoms with Crippen LogP contribution in [-0.2, 0) is 11.2 Å². The summed E-state index contributed by atoms with van der Waals surface area (Å²) in [7, 11) is 1.51. The van der Waals surface area contributed by atoms with Crippen molar-refractivity contribution in [3.63, 3.8) is 0 Å². The third kappa shape index (κ3) is 6.25. The number of carboxylic acid groups (broad SMARTS) is 1. The number of methoxy groups -OCH3 is 1. The molecule has 7 heteroatoms. The average molecular weight is 395 g/mol. The first-order valence-electron chi connectivity index (χ1n) is 8.60. The first kappa shape index (κ1) is 20.7. The van der Waals surface area contributed by atoms with Crippen LogP contribution in [0.5, 0.6) is 23.0 Å². The van der Waals surface area contributed by atoms with Crippen LogP contribution in [0.25, 0.3) is 0 Å². The monoisotopic (exact) mass is 394 g/mol. The minimum Gasteiger partial charge on any atom is -0.493 e. The number of benzene rings is 2. The molecule has 0 aliphatic heterocycles. The molecule has 0 amide bonds. The van der Waals surface area contributed by atoms with Crippen LogP contribution in [0.1, 0.15) is 18.9 Å². The van der Waals surface area contributed by atoms with E-state index in [9.17, 15) is 4.79 Å². The number of hydrogen-bond acceptors (Lipinski definition) is 5. The minimum atomic E-state index is -0.866. The highest BCUT2D eigenvalue weighted by atomic mass is 35.5. The van der Waals surface area contributed by atoms with Gasteiger partial charge >= 0.3 is 5.97 Å². The molecule has 0 saturated carbocycles. The third-order valence-electron chi connectivity index (χ3n) is 3.65. The first-order valence-corrected chi connectivity index (χ1v) is 8.98. The molecule has 0 unspecified atom stereocenters. The summed E-state index contributed by atoms with van der Waals surface area (Å²) in [5.41, 5.74) is 0.772. The minimum absolute atomic E-state index is 0.0206. The Morgan fingerprint density at radius 3 is 2.33 bits per heavy atom. The summed E-state index contributed by atoms with van der Waals surface area (Å²) in [4.78, 5) is 10.7. The van der Waals surface area contributed by atoms with Crippen molar-refractivity contribution in [3.8, 4) is 23.0 Å². The molecule has 0 fully saturated rings. The van der Waals surface area contributed by atoms with Gasteiger partial charge in [-0.25, -0.2) is 0 Å². The molecule has 2 aromatic rings. The van der Waals surface area contributed by atoms with Gasteiger partial charge in [0.2, 0.25) is 0 Å². The molecule has 0 heterocycles. The van der Waals surface area contributed by atoms with Crippen LogP contribution in [0.15, 0.2) is 36.4 Å². The predicted octanol–water partition coefficient (Wildman–Crippen LogP) is 4.22.